The Hall–Kier alpha value is -2.90. The summed E-state index contributed by atoms with van der Waals surface area (Å²) in [5.74, 6) is -1.98. The molecule has 0 saturated heterocycles. The third-order valence-electron chi connectivity index (χ3n) is 3.63. The van der Waals surface area contributed by atoms with Gasteiger partial charge < -0.3 is 10.3 Å². The van der Waals surface area contributed by atoms with Crippen LogP contribution in [0.25, 0.3) is 16.6 Å². The summed E-state index contributed by atoms with van der Waals surface area (Å²) >= 11 is 0. The summed E-state index contributed by atoms with van der Waals surface area (Å²) in [4.78, 5) is 6.33. The Kier molecular flexibility index (Phi) is 4.20. The van der Waals surface area contributed by atoms with Crippen LogP contribution >= 0.6 is 0 Å². The first kappa shape index (κ1) is 16.9. The number of benzene rings is 1. The van der Waals surface area contributed by atoms with Crippen molar-refractivity contribution in [1.82, 2.24) is 15.3 Å². The molecule has 1 aromatic carbocycles. The average Bonchev–Trinajstić information content (AvgIpc) is 2.95. The second-order valence-electron chi connectivity index (χ2n) is 5.36. The van der Waals surface area contributed by atoms with Gasteiger partial charge in [-0.05, 0) is 18.2 Å². The summed E-state index contributed by atoms with van der Waals surface area (Å²) in [6.45, 7) is 3.79. The fourth-order valence-electron chi connectivity index (χ4n) is 2.39. The van der Waals surface area contributed by atoms with Crippen molar-refractivity contribution in [3.05, 3.63) is 71.7 Å². The van der Waals surface area contributed by atoms with E-state index >= 15 is 0 Å². The molecule has 3 nitrogen and oxygen atoms in total. The van der Waals surface area contributed by atoms with Crippen molar-refractivity contribution in [3.63, 3.8) is 0 Å². The highest BCUT2D eigenvalue weighted by atomic mass is 19.4. The van der Waals surface area contributed by atoms with Crippen molar-refractivity contribution in [2.45, 2.75) is 12.7 Å². The minimum absolute atomic E-state index is 0.000889. The first-order valence-electron chi connectivity index (χ1n) is 7.18. The van der Waals surface area contributed by atoms with E-state index in [-0.39, 0.29) is 12.2 Å². The summed E-state index contributed by atoms with van der Waals surface area (Å²) in [7, 11) is 0. The molecule has 3 rings (SSSR count). The molecule has 0 bridgehead atoms. The molecule has 0 aliphatic heterocycles. The van der Waals surface area contributed by atoms with Crippen molar-refractivity contribution < 1.29 is 22.0 Å². The number of H-pyrrole nitrogens is 1. The van der Waals surface area contributed by atoms with Gasteiger partial charge in [-0.1, -0.05) is 12.6 Å². The number of aromatic amines is 1. The average molecular weight is 353 g/mol. The normalized spacial score (nSPS) is 11.7. The maximum atomic E-state index is 13.4. The number of nitrogens with zero attached hydrogens (tertiary/aromatic N) is 1. The Morgan fingerprint density at radius 3 is 2.60 bits per heavy atom. The van der Waals surface area contributed by atoms with Gasteiger partial charge in [-0.2, -0.15) is 13.2 Å². The number of fused-ring (bicyclic) bond motifs is 1. The second kappa shape index (κ2) is 6.19. The standard InChI is InChI=1S/C17H12F5N3/c1-9(12-8-24-15-6-14(19)13(18)5-11(12)15)23-7-10-3-2-4-16(25-10)17(20,21)22/h2-6,8,23-24H,1,7H2. The van der Waals surface area contributed by atoms with E-state index in [9.17, 15) is 22.0 Å². The molecule has 0 aliphatic rings. The summed E-state index contributed by atoms with van der Waals surface area (Å²) < 4.78 is 64.6. The maximum absolute atomic E-state index is 13.4. The summed E-state index contributed by atoms with van der Waals surface area (Å²) in [5, 5.41) is 3.26. The van der Waals surface area contributed by atoms with Crippen LogP contribution in [-0.2, 0) is 12.7 Å². The molecule has 130 valence electrons. The lowest BCUT2D eigenvalue weighted by Crippen LogP contribution is -2.14. The first-order valence-corrected chi connectivity index (χ1v) is 7.18. The third-order valence-corrected chi connectivity index (χ3v) is 3.63. The van der Waals surface area contributed by atoms with Crippen LogP contribution in [0.4, 0.5) is 22.0 Å². The third kappa shape index (κ3) is 3.47. The first-order chi connectivity index (χ1) is 11.8. The Morgan fingerprint density at radius 2 is 1.88 bits per heavy atom. The second-order valence-corrected chi connectivity index (χ2v) is 5.36. The number of rotatable bonds is 4. The van der Waals surface area contributed by atoms with E-state index in [1.54, 1.807) is 0 Å². The summed E-state index contributed by atoms with van der Waals surface area (Å²) in [6, 6.07) is 5.65. The van der Waals surface area contributed by atoms with E-state index < -0.39 is 23.5 Å². The lowest BCUT2D eigenvalue weighted by molar-refractivity contribution is -0.141. The quantitative estimate of drug-likeness (QED) is 0.672. The van der Waals surface area contributed by atoms with E-state index in [0.717, 1.165) is 18.2 Å². The van der Waals surface area contributed by atoms with Gasteiger partial charge in [0.25, 0.3) is 0 Å². The minimum Gasteiger partial charge on any atom is -0.379 e. The topological polar surface area (TPSA) is 40.7 Å². The molecule has 3 aromatic rings. The van der Waals surface area contributed by atoms with Crippen molar-refractivity contribution in [2.75, 3.05) is 0 Å². The molecule has 0 unspecified atom stereocenters. The number of halogens is 5. The van der Waals surface area contributed by atoms with Gasteiger partial charge >= 0.3 is 6.18 Å². The number of aromatic nitrogens is 2. The Labute approximate surface area is 139 Å². The number of alkyl halides is 3. The van der Waals surface area contributed by atoms with Gasteiger partial charge in [0.15, 0.2) is 11.6 Å². The highest BCUT2D eigenvalue weighted by Gasteiger charge is 2.32. The fraction of sp³-hybridized carbons (Fsp3) is 0.118. The fourth-order valence-corrected chi connectivity index (χ4v) is 2.39. The summed E-state index contributed by atoms with van der Waals surface area (Å²) in [6.07, 6.45) is -3.01. The zero-order valence-electron chi connectivity index (χ0n) is 12.7. The van der Waals surface area contributed by atoms with E-state index in [1.165, 1.54) is 18.3 Å². The molecule has 2 heterocycles. The molecule has 0 saturated carbocycles. The number of hydrogen-bond donors (Lipinski definition) is 2. The van der Waals surface area contributed by atoms with Crippen LogP contribution in [0.15, 0.2) is 43.1 Å². The van der Waals surface area contributed by atoms with Crippen molar-refractivity contribution in [1.29, 1.82) is 0 Å². The molecule has 0 spiro atoms. The van der Waals surface area contributed by atoms with Gasteiger partial charge in [-0.15, -0.1) is 0 Å². The Bertz CT molecular complexity index is 943. The van der Waals surface area contributed by atoms with Crippen molar-refractivity contribution in [2.24, 2.45) is 0 Å². The van der Waals surface area contributed by atoms with Gasteiger partial charge in [0.05, 0.1) is 12.2 Å². The highest BCUT2D eigenvalue weighted by Crippen LogP contribution is 2.28. The van der Waals surface area contributed by atoms with Gasteiger partial charge in [0.1, 0.15) is 5.69 Å². The van der Waals surface area contributed by atoms with E-state index in [0.29, 0.717) is 22.2 Å². The lowest BCUT2D eigenvalue weighted by atomic mass is 10.1. The predicted molar refractivity (Wildman–Crippen MR) is 83.3 cm³/mol. The van der Waals surface area contributed by atoms with Gasteiger partial charge in [-0.25, -0.2) is 13.8 Å². The van der Waals surface area contributed by atoms with Crippen LogP contribution in [0.5, 0.6) is 0 Å². The molecular formula is C17H12F5N3. The summed E-state index contributed by atoms with van der Waals surface area (Å²) in [5.41, 5.74) is 0.404. The van der Waals surface area contributed by atoms with Crippen molar-refractivity contribution in [3.8, 4) is 0 Å². The van der Waals surface area contributed by atoms with Crippen LogP contribution in [0.2, 0.25) is 0 Å². The van der Waals surface area contributed by atoms with E-state index in [4.69, 9.17) is 0 Å². The van der Waals surface area contributed by atoms with Gasteiger partial charge in [0, 0.05) is 34.4 Å². The van der Waals surface area contributed by atoms with Crippen LogP contribution in [0.3, 0.4) is 0 Å². The molecule has 0 aliphatic carbocycles. The van der Waals surface area contributed by atoms with Crippen LogP contribution in [-0.4, -0.2) is 9.97 Å². The molecule has 0 fully saturated rings. The molecule has 0 radical (unpaired) electrons. The number of pyridine rings is 1. The van der Waals surface area contributed by atoms with E-state index in [1.807, 2.05) is 0 Å². The molecule has 25 heavy (non-hydrogen) atoms. The monoisotopic (exact) mass is 353 g/mol. The molecule has 0 amide bonds. The Balaban J connectivity index is 1.79. The van der Waals surface area contributed by atoms with Crippen LogP contribution in [0.1, 0.15) is 17.0 Å². The SMILES string of the molecule is C=C(NCc1cccc(C(F)(F)F)n1)c1c[nH]c2cc(F)c(F)cc12. The van der Waals surface area contributed by atoms with Crippen LogP contribution in [0, 0.1) is 11.6 Å². The van der Waals surface area contributed by atoms with Crippen LogP contribution < -0.4 is 5.32 Å². The number of nitrogens with one attached hydrogen (secondary N) is 2. The largest absolute Gasteiger partial charge is 0.433 e. The molecule has 8 heteroatoms. The molecule has 2 aromatic heterocycles. The zero-order chi connectivity index (χ0) is 18.2. The smallest absolute Gasteiger partial charge is 0.379 e. The van der Waals surface area contributed by atoms with Crippen molar-refractivity contribution >= 4 is 16.6 Å². The number of hydrogen-bond acceptors (Lipinski definition) is 2. The molecule has 2 N–H and O–H groups in total. The minimum atomic E-state index is -4.52. The Morgan fingerprint density at radius 1 is 1.16 bits per heavy atom. The maximum Gasteiger partial charge on any atom is 0.433 e. The van der Waals surface area contributed by atoms with Gasteiger partial charge in [-0.3, -0.25) is 0 Å². The molecule has 0 atom stereocenters. The predicted octanol–water partition coefficient (Wildman–Crippen LogP) is 4.62. The lowest BCUT2D eigenvalue weighted by Gasteiger charge is -2.11. The molecular weight excluding hydrogens is 341 g/mol. The van der Waals surface area contributed by atoms with E-state index in [2.05, 4.69) is 21.9 Å². The van der Waals surface area contributed by atoms with Gasteiger partial charge in [0.2, 0.25) is 0 Å². The highest BCUT2D eigenvalue weighted by molar-refractivity contribution is 5.91. The zero-order valence-corrected chi connectivity index (χ0v) is 12.7.